The molecule has 3 rings (SSSR count). The molecule has 0 fully saturated rings. The van der Waals surface area contributed by atoms with Gasteiger partial charge < -0.3 is 9.72 Å². The molecule has 0 amide bonds. The highest BCUT2D eigenvalue weighted by Gasteiger charge is 2.14. The van der Waals surface area contributed by atoms with Crippen molar-refractivity contribution in [3.63, 3.8) is 0 Å². The Hall–Kier alpha value is -2.05. The standard InChI is InChI=1S/C18H14BrNO3S/c19-12-5-7-13(8-6-12)24-11-18(22)23-10-17(21)15-9-20-16-4-2-1-3-14(15)16/h1-9,20H,10-11H2. The summed E-state index contributed by atoms with van der Waals surface area (Å²) >= 11 is 4.74. The molecule has 122 valence electrons. The number of halogens is 1. The van der Waals surface area contributed by atoms with E-state index in [1.807, 2.05) is 48.5 Å². The Labute approximate surface area is 151 Å². The average molecular weight is 404 g/mol. The number of H-pyrrole nitrogens is 1. The summed E-state index contributed by atoms with van der Waals surface area (Å²) in [6, 6.07) is 15.2. The molecule has 4 nitrogen and oxygen atoms in total. The van der Waals surface area contributed by atoms with Crippen LogP contribution in [0.25, 0.3) is 10.9 Å². The van der Waals surface area contributed by atoms with E-state index >= 15 is 0 Å². The van der Waals surface area contributed by atoms with Gasteiger partial charge in [0.05, 0.1) is 5.75 Å². The Morgan fingerprint density at radius 3 is 2.62 bits per heavy atom. The van der Waals surface area contributed by atoms with E-state index in [4.69, 9.17) is 4.74 Å². The predicted octanol–water partition coefficient (Wildman–Crippen LogP) is 4.45. The van der Waals surface area contributed by atoms with E-state index in [1.54, 1.807) is 6.20 Å². The van der Waals surface area contributed by atoms with Gasteiger partial charge in [-0.25, -0.2) is 0 Å². The fraction of sp³-hybridized carbons (Fsp3) is 0.111. The Balaban J connectivity index is 1.52. The van der Waals surface area contributed by atoms with Crippen LogP contribution in [0.4, 0.5) is 0 Å². The van der Waals surface area contributed by atoms with E-state index < -0.39 is 5.97 Å². The van der Waals surface area contributed by atoms with Crippen LogP contribution < -0.4 is 0 Å². The third-order valence-corrected chi connectivity index (χ3v) is 4.94. The van der Waals surface area contributed by atoms with Gasteiger partial charge in [0, 0.05) is 32.0 Å². The first-order valence-electron chi connectivity index (χ1n) is 7.27. The first-order chi connectivity index (χ1) is 11.6. The maximum Gasteiger partial charge on any atom is 0.316 e. The number of Topliss-reactive ketones (excluding diaryl/α,β-unsaturated/α-hetero) is 1. The normalized spacial score (nSPS) is 10.7. The maximum absolute atomic E-state index is 12.2. The molecule has 0 saturated carbocycles. The first-order valence-corrected chi connectivity index (χ1v) is 9.04. The number of nitrogens with one attached hydrogen (secondary N) is 1. The highest BCUT2D eigenvalue weighted by Crippen LogP contribution is 2.21. The first kappa shape index (κ1) is 16.8. The minimum Gasteiger partial charge on any atom is -0.457 e. The van der Waals surface area contributed by atoms with E-state index in [1.165, 1.54) is 11.8 Å². The predicted molar refractivity (Wildman–Crippen MR) is 98.5 cm³/mol. The molecule has 0 saturated heterocycles. The molecule has 0 bridgehead atoms. The molecule has 1 N–H and O–H groups in total. The minimum atomic E-state index is -0.406. The zero-order valence-corrected chi connectivity index (χ0v) is 15.0. The fourth-order valence-corrected chi connectivity index (χ4v) is 3.20. The van der Waals surface area contributed by atoms with Crippen molar-refractivity contribution in [3.8, 4) is 0 Å². The van der Waals surface area contributed by atoms with Gasteiger partial charge in [0.1, 0.15) is 0 Å². The largest absolute Gasteiger partial charge is 0.457 e. The Morgan fingerprint density at radius 1 is 1.08 bits per heavy atom. The summed E-state index contributed by atoms with van der Waals surface area (Å²) in [5.41, 5.74) is 1.43. The zero-order valence-electron chi connectivity index (χ0n) is 12.6. The van der Waals surface area contributed by atoms with Crippen molar-refractivity contribution >= 4 is 50.3 Å². The number of rotatable bonds is 6. The lowest BCUT2D eigenvalue weighted by Crippen LogP contribution is -2.15. The van der Waals surface area contributed by atoms with Crippen molar-refractivity contribution in [2.24, 2.45) is 0 Å². The van der Waals surface area contributed by atoms with Crippen LogP contribution in [0.1, 0.15) is 10.4 Å². The molecule has 0 radical (unpaired) electrons. The van der Waals surface area contributed by atoms with Crippen LogP contribution in [0.3, 0.4) is 0 Å². The van der Waals surface area contributed by atoms with Crippen LogP contribution in [-0.4, -0.2) is 29.1 Å². The summed E-state index contributed by atoms with van der Waals surface area (Å²) in [4.78, 5) is 28.0. The Kier molecular flexibility index (Phi) is 5.37. The number of esters is 1. The fourth-order valence-electron chi connectivity index (χ4n) is 2.24. The number of hydrogen-bond acceptors (Lipinski definition) is 4. The van der Waals surface area contributed by atoms with Crippen molar-refractivity contribution < 1.29 is 14.3 Å². The van der Waals surface area contributed by atoms with Crippen molar-refractivity contribution in [3.05, 3.63) is 64.8 Å². The second-order valence-corrected chi connectivity index (χ2v) is 7.04. The van der Waals surface area contributed by atoms with E-state index in [-0.39, 0.29) is 18.1 Å². The van der Waals surface area contributed by atoms with Crippen LogP contribution in [0.5, 0.6) is 0 Å². The van der Waals surface area contributed by atoms with Gasteiger partial charge in [-0.1, -0.05) is 34.1 Å². The lowest BCUT2D eigenvalue weighted by Gasteiger charge is -2.04. The third-order valence-electron chi connectivity index (χ3n) is 3.42. The van der Waals surface area contributed by atoms with Crippen molar-refractivity contribution in [1.29, 1.82) is 0 Å². The lowest BCUT2D eigenvalue weighted by molar-refractivity contribution is -0.139. The van der Waals surface area contributed by atoms with Crippen LogP contribution >= 0.6 is 27.7 Å². The van der Waals surface area contributed by atoms with Crippen molar-refractivity contribution in [2.75, 3.05) is 12.4 Å². The molecule has 2 aromatic carbocycles. The molecule has 0 aliphatic rings. The summed E-state index contributed by atoms with van der Waals surface area (Å²) in [6.45, 7) is -0.248. The smallest absolute Gasteiger partial charge is 0.316 e. The monoisotopic (exact) mass is 403 g/mol. The molecule has 3 aromatic rings. The van der Waals surface area contributed by atoms with Gasteiger partial charge in [-0.15, -0.1) is 11.8 Å². The SMILES string of the molecule is O=C(CSc1ccc(Br)cc1)OCC(=O)c1c[nH]c2ccccc12. The third kappa shape index (κ3) is 4.07. The van der Waals surface area contributed by atoms with Crippen LogP contribution in [0.2, 0.25) is 0 Å². The molecule has 0 unspecified atom stereocenters. The number of benzene rings is 2. The molecule has 1 heterocycles. The number of hydrogen-bond donors (Lipinski definition) is 1. The summed E-state index contributed by atoms with van der Waals surface area (Å²) < 4.78 is 6.07. The van der Waals surface area contributed by atoms with Gasteiger partial charge in [-0.2, -0.15) is 0 Å². The van der Waals surface area contributed by atoms with Crippen LogP contribution in [-0.2, 0) is 9.53 Å². The quantitative estimate of drug-likeness (QED) is 0.375. The van der Waals surface area contributed by atoms with Crippen LogP contribution in [0.15, 0.2) is 64.1 Å². The molecular weight excluding hydrogens is 390 g/mol. The number of aromatic amines is 1. The molecule has 0 atom stereocenters. The molecule has 0 aliphatic carbocycles. The topological polar surface area (TPSA) is 59.2 Å². The number of aromatic nitrogens is 1. The molecule has 24 heavy (non-hydrogen) atoms. The number of carbonyl (C=O) groups excluding carboxylic acids is 2. The van der Waals surface area contributed by atoms with Gasteiger partial charge in [0.2, 0.25) is 5.78 Å². The number of para-hydroxylation sites is 1. The van der Waals surface area contributed by atoms with Gasteiger partial charge in [-0.3, -0.25) is 9.59 Å². The summed E-state index contributed by atoms with van der Waals surface area (Å²) in [5, 5.41) is 0.836. The Morgan fingerprint density at radius 2 is 1.83 bits per heavy atom. The number of thioether (sulfide) groups is 1. The lowest BCUT2D eigenvalue weighted by atomic mass is 10.1. The molecule has 1 aromatic heterocycles. The molecular formula is C18H14BrNO3S. The van der Waals surface area contributed by atoms with Gasteiger partial charge in [-0.05, 0) is 30.3 Å². The minimum absolute atomic E-state index is 0.169. The summed E-state index contributed by atoms with van der Waals surface area (Å²) in [5.74, 6) is -0.450. The van der Waals surface area contributed by atoms with E-state index in [9.17, 15) is 9.59 Å². The van der Waals surface area contributed by atoms with Crippen molar-refractivity contribution in [2.45, 2.75) is 4.90 Å². The second-order valence-electron chi connectivity index (χ2n) is 5.07. The highest BCUT2D eigenvalue weighted by atomic mass is 79.9. The van der Waals surface area contributed by atoms with E-state index in [2.05, 4.69) is 20.9 Å². The number of carbonyl (C=O) groups is 2. The Bertz CT molecular complexity index is 873. The van der Waals surface area contributed by atoms with Crippen molar-refractivity contribution in [1.82, 2.24) is 4.98 Å². The van der Waals surface area contributed by atoms with Gasteiger partial charge >= 0.3 is 5.97 Å². The second kappa shape index (κ2) is 7.68. The molecule has 6 heteroatoms. The molecule has 0 spiro atoms. The number of ether oxygens (including phenoxy) is 1. The summed E-state index contributed by atoms with van der Waals surface area (Å²) in [7, 11) is 0. The van der Waals surface area contributed by atoms with Gasteiger partial charge in [0.15, 0.2) is 6.61 Å². The highest BCUT2D eigenvalue weighted by molar-refractivity contribution is 9.10. The zero-order chi connectivity index (χ0) is 16.9. The molecule has 0 aliphatic heterocycles. The van der Waals surface area contributed by atoms with Crippen LogP contribution in [0, 0.1) is 0 Å². The maximum atomic E-state index is 12.2. The van der Waals surface area contributed by atoms with Gasteiger partial charge in [0.25, 0.3) is 0 Å². The van der Waals surface area contributed by atoms with E-state index in [0.29, 0.717) is 5.56 Å². The number of ketones is 1. The number of fused-ring (bicyclic) bond motifs is 1. The average Bonchev–Trinajstić information content (AvgIpc) is 3.03. The summed E-state index contributed by atoms with van der Waals surface area (Å²) in [6.07, 6.45) is 1.65. The van der Waals surface area contributed by atoms with E-state index in [0.717, 1.165) is 20.3 Å².